The van der Waals surface area contributed by atoms with Crippen molar-refractivity contribution in [3.05, 3.63) is 40.7 Å². The van der Waals surface area contributed by atoms with Crippen LogP contribution in [0.25, 0.3) is 0 Å². The van der Waals surface area contributed by atoms with E-state index in [1.54, 1.807) is 31.4 Å². The van der Waals surface area contributed by atoms with Crippen LogP contribution >= 0.6 is 0 Å². The SMILES string of the molecule is CCOC(=O)c1cc(C)n(CC(=O)Nc2cc(OC)c(OC)cc2C(=O)OC)c1C. The number of esters is 2. The van der Waals surface area contributed by atoms with Crippen molar-refractivity contribution in [1.82, 2.24) is 4.57 Å². The van der Waals surface area contributed by atoms with Gasteiger partial charge >= 0.3 is 11.9 Å². The van der Waals surface area contributed by atoms with Gasteiger partial charge in [-0.25, -0.2) is 9.59 Å². The number of hydrogen-bond donors (Lipinski definition) is 1. The van der Waals surface area contributed by atoms with Crippen LogP contribution < -0.4 is 14.8 Å². The number of rotatable bonds is 8. The summed E-state index contributed by atoms with van der Waals surface area (Å²) in [6.45, 7) is 5.46. The summed E-state index contributed by atoms with van der Waals surface area (Å²) in [7, 11) is 4.13. The molecule has 1 heterocycles. The van der Waals surface area contributed by atoms with Crippen LogP contribution in [-0.2, 0) is 20.8 Å². The monoisotopic (exact) mass is 418 g/mol. The van der Waals surface area contributed by atoms with Gasteiger partial charge in [-0.15, -0.1) is 0 Å². The molecule has 0 bridgehead atoms. The van der Waals surface area contributed by atoms with Crippen LogP contribution in [-0.4, -0.2) is 50.3 Å². The number of carbonyl (C=O) groups excluding carboxylic acids is 3. The molecule has 2 aromatic rings. The fraction of sp³-hybridized carbons (Fsp3) is 0.381. The van der Waals surface area contributed by atoms with Crippen LogP contribution in [0.4, 0.5) is 5.69 Å². The van der Waals surface area contributed by atoms with Gasteiger partial charge in [-0.1, -0.05) is 0 Å². The second kappa shape index (κ2) is 9.82. The van der Waals surface area contributed by atoms with Gasteiger partial charge in [-0.05, 0) is 26.8 Å². The molecule has 1 N–H and O–H groups in total. The zero-order chi connectivity index (χ0) is 22.4. The summed E-state index contributed by atoms with van der Waals surface area (Å²) in [4.78, 5) is 37.0. The third-order valence-corrected chi connectivity index (χ3v) is 4.57. The van der Waals surface area contributed by atoms with E-state index >= 15 is 0 Å². The first-order valence-electron chi connectivity index (χ1n) is 9.25. The van der Waals surface area contributed by atoms with E-state index in [2.05, 4.69) is 5.32 Å². The van der Waals surface area contributed by atoms with E-state index in [-0.39, 0.29) is 24.4 Å². The van der Waals surface area contributed by atoms with Gasteiger partial charge in [0.2, 0.25) is 5.91 Å². The summed E-state index contributed by atoms with van der Waals surface area (Å²) in [6, 6.07) is 4.60. The third kappa shape index (κ3) is 4.73. The molecule has 9 heteroatoms. The maximum Gasteiger partial charge on any atom is 0.340 e. The minimum absolute atomic E-state index is 0.0635. The van der Waals surface area contributed by atoms with E-state index in [1.165, 1.54) is 33.5 Å². The number of nitrogens with zero attached hydrogens (tertiary/aromatic N) is 1. The Labute approximate surface area is 174 Å². The highest BCUT2D eigenvalue weighted by molar-refractivity contribution is 6.02. The van der Waals surface area contributed by atoms with E-state index in [4.69, 9.17) is 18.9 Å². The van der Waals surface area contributed by atoms with E-state index in [9.17, 15) is 14.4 Å². The van der Waals surface area contributed by atoms with Gasteiger partial charge in [0.05, 0.1) is 44.8 Å². The Morgan fingerprint density at radius 1 is 0.933 bits per heavy atom. The molecule has 0 radical (unpaired) electrons. The minimum atomic E-state index is -0.635. The van der Waals surface area contributed by atoms with Gasteiger partial charge in [0.25, 0.3) is 0 Å². The topological polar surface area (TPSA) is 105 Å². The number of nitrogens with one attached hydrogen (secondary N) is 1. The zero-order valence-electron chi connectivity index (χ0n) is 18.0. The summed E-state index contributed by atoms with van der Waals surface area (Å²) < 4.78 is 22.0. The molecular weight excluding hydrogens is 392 g/mol. The van der Waals surface area contributed by atoms with Crippen molar-refractivity contribution in [3.63, 3.8) is 0 Å². The van der Waals surface area contributed by atoms with E-state index < -0.39 is 17.8 Å². The fourth-order valence-corrected chi connectivity index (χ4v) is 3.05. The molecule has 0 fully saturated rings. The van der Waals surface area contributed by atoms with Crippen molar-refractivity contribution < 1.29 is 33.3 Å². The molecule has 9 nitrogen and oxygen atoms in total. The lowest BCUT2D eigenvalue weighted by molar-refractivity contribution is -0.116. The maximum atomic E-state index is 12.7. The molecule has 1 amide bonds. The number of aryl methyl sites for hydroxylation is 1. The van der Waals surface area contributed by atoms with Crippen molar-refractivity contribution in [2.75, 3.05) is 33.3 Å². The zero-order valence-corrected chi connectivity index (χ0v) is 18.0. The van der Waals surface area contributed by atoms with Crippen LogP contribution in [0.5, 0.6) is 11.5 Å². The lowest BCUT2D eigenvalue weighted by Gasteiger charge is -2.15. The quantitative estimate of drug-likeness (QED) is 0.657. The summed E-state index contributed by atoms with van der Waals surface area (Å²) in [5.74, 6) is -0.802. The molecule has 162 valence electrons. The van der Waals surface area contributed by atoms with Crippen LogP contribution in [0.15, 0.2) is 18.2 Å². The Hall–Kier alpha value is -3.49. The summed E-state index contributed by atoms with van der Waals surface area (Å²) >= 11 is 0. The van der Waals surface area contributed by atoms with Crippen LogP contribution in [0.1, 0.15) is 39.0 Å². The average molecular weight is 418 g/mol. The highest BCUT2D eigenvalue weighted by Gasteiger charge is 2.21. The maximum absolute atomic E-state index is 12.7. The molecular formula is C21H26N2O7. The van der Waals surface area contributed by atoms with Crippen molar-refractivity contribution in [2.45, 2.75) is 27.3 Å². The molecule has 1 aromatic heterocycles. The second-order valence-electron chi connectivity index (χ2n) is 6.38. The van der Waals surface area contributed by atoms with Crippen LogP contribution in [0.2, 0.25) is 0 Å². The largest absolute Gasteiger partial charge is 0.493 e. The van der Waals surface area contributed by atoms with Crippen molar-refractivity contribution in [2.24, 2.45) is 0 Å². The molecule has 30 heavy (non-hydrogen) atoms. The standard InChI is InChI=1S/C21H26N2O7/c1-7-30-21(26)14-8-12(2)23(13(14)3)11-19(24)22-16-10-18(28-5)17(27-4)9-15(16)20(25)29-6/h8-10H,7,11H2,1-6H3,(H,22,24). The van der Waals surface area contributed by atoms with Gasteiger partial charge in [0.15, 0.2) is 11.5 Å². The molecule has 0 atom stereocenters. The van der Waals surface area contributed by atoms with Crippen LogP contribution in [0, 0.1) is 13.8 Å². The Bertz CT molecular complexity index is 963. The number of hydrogen-bond acceptors (Lipinski definition) is 7. The molecule has 0 saturated carbocycles. The molecule has 1 aromatic carbocycles. The molecule has 0 spiro atoms. The number of benzene rings is 1. The predicted octanol–water partition coefficient (Wildman–Crippen LogP) is 2.72. The van der Waals surface area contributed by atoms with Gasteiger partial charge in [0, 0.05) is 23.5 Å². The lowest BCUT2D eigenvalue weighted by atomic mass is 10.1. The fourth-order valence-electron chi connectivity index (χ4n) is 3.05. The number of methoxy groups -OCH3 is 3. The van der Waals surface area contributed by atoms with E-state index in [0.29, 0.717) is 22.8 Å². The minimum Gasteiger partial charge on any atom is -0.493 e. The smallest absolute Gasteiger partial charge is 0.340 e. The normalized spacial score (nSPS) is 10.3. The Morgan fingerprint density at radius 3 is 2.13 bits per heavy atom. The molecule has 0 unspecified atom stereocenters. The molecule has 0 saturated heterocycles. The van der Waals surface area contributed by atoms with Crippen molar-refractivity contribution in [1.29, 1.82) is 0 Å². The first-order valence-corrected chi connectivity index (χ1v) is 9.25. The summed E-state index contributed by atoms with van der Waals surface area (Å²) in [6.07, 6.45) is 0. The molecule has 0 aliphatic carbocycles. The Morgan fingerprint density at radius 2 is 1.57 bits per heavy atom. The number of ether oxygens (including phenoxy) is 4. The highest BCUT2D eigenvalue weighted by atomic mass is 16.5. The summed E-state index contributed by atoms with van der Waals surface area (Å²) in [5.41, 5.74) is 2.09. The predicted molar refractivity (Wildman–Crippen MR) is 109 cm³/mol. The lowest BCUT2D eigenvalue weighted by Crippen LogP contribution is -2.22. The van der Waals surface area contributed by atoms with Gasteiger partial charge < -0.3 is 28.8 Å². The Balaban J connectivity index is 2.33. The van der Waals surface area contributed by atoms with Crippen LogP contribution in [0.3, 0.4) is 0 Å². The molecule has 0 aliphatic rings. The van der Waals surface area contributed by atoms with Crippen molar-refractivity contribution >= 4 is 23.5 Å². The first-order chi connectivity index (χ1) is 14.3. The Kier molecular flexibility index (Phi) is 7.46. The number of aromatic nitrogens is 1. The van der Waals surface area contributed by atoms with E-state index in [0.717, 1.165) is 5.69 Å². The number of amides is 1. The molecule has 0 aliphatic heterocycles. The van der Waals surface area contributed by atoms with E-state index in [1.807, 2.05) is 0 Å². The number of carbonyl (C=O) groups is 3. The second-order valence-corrected chi connectivity index (χ2v) is 6.38. The summed E-state index contributed by atoms with van der Waals surface area (Å²) in [5, 5.41) is 2.71. The number of anilines is 1. The van der Waals surface area contributed by atoms with Gasteiger partial charge in [-0.3, -0.25) is 4.79 Å². The average Bonchev–Trinajstić information content (AvgIpc) is 3.01. The van der Waals surface area contributed by atoms with Gasteiger partial charge in [-0.2, -0.15) is 0 Å². The van der Waals surface area contributed by atoms with Gasteiger partial charge in [0.1, 0.15) is 6.54 Å². The third-order valence-electron chi connectivity index (χ3n) is 4.57. The first kappa shape index (κ1) is 22.8. The van der Waals surface area contributed by atoms with Crippen molar-refractivity contribution in [3.8, 4) is 11.5 Å². The molecule has 2 rings (SSSR count). The highest BCUT2D eigenvalue weighted by Crippen LogP contribution is 2.33.